The lowest BCUT2D eigenvalue weighted by Crippen LogP contribution is -2.29. The molecule has 2 atom stereocenters. The second-order valence-electron chi connectivity index (χ2n) is 8.99. The lowest BCUT2D eigenvalue weighted by atomic mass is 10.0. The first-order valence-corrected chi connectivity index (χ1v) is 14.4. The number of thiocarbonyl (C=S) groups is 1. The minimum absolute atomic E-state index is 0.296. The quantitative estimate of drug-likeness (QED) is 0.225. The summed E-state index contributed by atoms with van der Waals surface area (Å²) in [7, 11) is -0.735. The summed E-state index contributed by atoms with van der Waals surface area (Å²) in [6.45, 7) is 0. The maximum Gasteiger partial charge on any atom is 0.338 e. The molecule has 0 aliphatic carbocycles. The fourth-order valence-corrected chi connectivity index (χ4v) is 5.59. The average molecular weight is 579 g/mol. The van der Waals surface area contributed by atoms with E-state index in [1.807, 2.05) is 35.2 Å². The highest BCUT2D eigenvalue weighted by Crippen LogP contribution is 2.44. The van der Waals surface area contributed by atoms with Crippen LogP contribution in [-0.4, -0.2) is 45.0 Å². The summed E-state index contributed by atoms with van der Waals surface area (Å²) in [4.78, 5) is 18.8. The van der Waals surface area contributed by atoms with Gasteiger partial charge >= 0.3 is 5.97 Å². The molecule has 1 aliphatic heterocycles. The van der Waals surface area contributed by atoms with Gasteiger partial charge in [0.1, 0.15) is 23.3 Å². The van der Waals surface area contributed by atoms with Crippen LogP contribution < -0.4 is 19.7 Å². The van der Waals surface area contributed by atoms with Gasteiger partial charge in [0.25, 0.3) is 0 Å². The summed E-state index contributed by atoms with van der Waals surface area (Å²) in [6.07, 6.45) is 2.77. The molecule has 0 amide bonds. The predicted molar refractivity (Wildman–Crippen MR) is 155 cm³/mol. The van der Waals surface area contributed by atoms with Crippen LogP contribution in [0.2, 0.25) is 0 Å². The topological polar surface area (TPSA) is 123 Å². The number of furan rings is 1. The summed E-state index contributed by atoms with van der Waals surface area (Å²) >= 11 is 5.78. The molecule has 2 N–H and O–H groups in total. The number of aromatic nitrogens is 1. The van der Waals surface area contributed by atoms with Crippen LogP contribution in [0.3, 0.4) is 0 Å². The summed E-state index contributed by atoms with van der Waals surface area (Å²) in [6, 6.07) is 20.5. The van der Waals surface area contributed by atoms with Crippen molar-refractivity contribution < 1.29 is 27.1 Å². The number of rotatable bonds is 8. The first-order chi connectivity index (χ1) is 19.2. The zero-order chi connectivity index (χ0) is 28.4. The van der Waals surface area contributed by atoms with Crippen molar-refractivity contribution in [2.75, 3.05) is 30.1 Å². The second kappa shape index (κ2) is 11.0. The first-order valence-electron chi connectivity index (χ1n) is 12.1. The fourth-order valence-electron chi connectivity index (χ4n) is 4.68. The van der Waals surface area contributed by atoms with Crippen molar-refractivity contribution in [3.05, 3.63) is 96.0 Å². The van der Waals surface area contributed by atoms with E-state index in [9.17, 15) is 13.2 Å². The zero-order valence-corrected chi connectivity index (χ0v) is 23.5. The molecule has 2 unspecified atom stereocenters. The maximum atomic E-state index is 12.4. The molecule has 0 spiro atoms. The highest BCUT2D eigenvalue weighted by Gasteiger charge is 2.43. The molecule has 3 heterocycles. The van der Waals surface area contributed by atoms with Gasteiger partial charge in [0, 0.05) is 23.5 Å². The van der Waals surface area contributed by atoms with Gasteiger partial charge in [0.15, 0.2) is 5.11 Å². The molecular formula is C28H26N4O6S2. The third-order valence-corrected chi connectivity index (χ3v) is 7.28. The number of anilines is 2. The number of esters is 1. The van der Waals surface area contributed by atoms with E-state index in [2.05, 4.69) is 15.0 Å². The van der Waals surface area contributed by atoms with Crippen molar-refractivity contribution >= 4 is 44.7 Å². The van der Waals surface area contributed by atoms with Gasteiger partial charge in [-0.1, -0.05) is 24.3 Å². The lowest BCUT2D eigenvalue weighted by Gasteiger charge is -2.27. The Bertz CT molecular complexity index is 1670. The van der Waals surface area contributed by atoms with Crippen molar-refractivity contribution in [3.63, 3.8) is 0 Å². The van der Waals surface area contributed by atoms with Crippen LogP contribution in [0.25, 0.3) is 11.3 Å². The number of hydrogen-bond donors (Lipinski definition) is 2. The second-order valence-corrected chi connectivity index (χ2v) is 11.1. The third kappa shape index (κ3) is 5.36. The minimum Gasteiger partial charge on any atom is -0.494 e. The molecule has 206 valence electrons. The van der Waals surface area contributed by atoms with E-state index in [4.69, 9.17) is 26.1 Å². The Hall–Kier alpha value is -4.42. The fraction of sp³-hybridized carbons (Fsp3) is 0.179. The first kappa shape index (κ1) is 27.2. The number of pyridine rings is 1. The summed E-state index contributed by atoms with van der Waals surface area (Å²) in [5.41, 5.74) is 2.65. The number of carbonyl (C=O) groups is 1. The molecule has 5 rings (SSSR count). The molecule has 1 aliphatic rings. The molecule has 40 heavy (non-hydrogen) atoms. The van der Waals surface area contributed by atoms with Gasteiger partial charge in [-0.15, -0.1) is 0 Å². The van der Waals surface area contributed by atoms with Crippen LogP contribution in [0, 0.1) is 0 Å². The van der Waals surface area contributed by atoms with Gasteiger partial charge in [0.2, 0.25) is 10.0 Å². The Morgan fingerprint density at radius 3 is 2.55 bits per heavy atom. The Kier molecular flexibility index (Phi) is 7.46. The number of methoxy groups -OCH3 is 2. The molecule has 10 nitrogen and oxygen atoms in total. The van der Waals surface area contributed by atoms with Gasteiger partial charge in [-0.05, 0) is 54.7 Å². The molecule has 2 aromatic carbocycles. The number of benzene rings is 2. The lowest BCUT2D eigenvalue weighted by molar-refractivity contribution is 0.0601. The molecule has 4 aromatic rings. The largest absolute Gasteiger partial charge is 0.494 e. The van der Waals surface area contributed by atoms with E-state index in [0.717, 1.165) is 11.9 Å². The highest BCUT2D eigenvalue weighted by atomic mass is 32.2. The predicted octanol–water partition coefficient (Wildman–Crippen LogP) is 4.69. The summed E-state index contributed by atoms with van der Waals surface area (Å²) in [5, 5.41) is 3.77. The van der Waals surface area contributed by atoms with Gasteiger partial charge in [0.05, 0.1) is 43.5 Å². The number of hydrogen-bond acceptors (Lipinski definition) is 8. The van der Waals surface area contributed by atoms with Crippen LogP contribution in [-0.2, 0) is 14.8 Å². The van der Waals surface area contributed by atoms with Crippen molar-refractivity contribution in [1.82, 2.24) is 10.3 Å². The summed E-state index contributed by atoms with van der Waals surface area (Å²) < 4.78 is 43.0. The highest BCUT2D eigenvalue weighted by molar-refractivity contribution is 7.92. The third-order valence-electron chi connectivity index (χ3n) is 6.37. The van der Waals surface area contributed by atoms with E-state index >= 15 is 0 Å². The van der Waals surface area contributed by atoms with E-state index in [1.165, 1.54) is 14.2 Å². The van der Waals surface area contributed by atoms with Crippen molar-refractivity contribution in [2.24, 2.45) is 0 Å². The molecule has 0 radical (unpaired) electrons. The van der Waals surface area contributed by atoms with E-state index < -0.39 is 22.0 Å². The minimum atomic E-state index is -3.52. The molecule has 1 fully saturated rings. The normalized spacial score (nSPS) is 16.9. The molecule has 12 heteroatoms. The van der Waals surface area contributed by atoms with Crippen LogP contribution in [0.15, 0.2) is 83.4 Å². The van der Waals surface area contributed by atoms with Crippen molar-refractivity contribution in [1.29, 1.82) is 0 Å². The molecule has 1 saturated heterocycles. The van der Waals surface area contributed by atoms with Crippen LogP contribution in [0.4, 0.5) is 11.4 Å². The standard InChI is InChI=1S/C28H26N4O6S2/c1-36-24-16-17(11-12-20(24)31-40(3,34)35)32-26(25(30-28(32)39)21-10-6-7-15-29-21)23-14-13-22(38-23)18-8-4-5-9-19(18)27(33)37-2/h4-16,25-26,31H,1-3H3,(H,30,39). The van der Waals surface area contributed by atoms with E-state index in [1.54, 1.807) is 48.7 Å². The zero-order valence-electron chi connectivity index (χ0n) is 21.8. The average Bonchev–Trinajstić information content (AvgIpc) is 3.57. The SMILES string of the molecule is COC(=O)c1ccccc1-c1ccc(C2C(c3ccccn3)NC(=S)N2c2ccc(NS(C)(=O)=O)c(OC)c2)o1. The van der Waals surface area contributed by atoms with Crippen molar-refractivity contribution in [2.45, 2.75) is 12.1 Å². The number of nitrogens with one attached hydrogen (secondary N) is 2. The van der Waals surface area contributed by atoms with Gasteiger partial charge in [-0.25, -0.2) is 13.2 Å². The Balaban J connectivity index is 1.61. The monoisotopic (exact) mass is 578 g/mol. The molecule has 0 bridgehead atoms. The number of ether oxygens (including phenoxy) is 2. The molecule has 2 aromatic heterocycles. The number of sulfonamides is 1. The molecule has 0 saturated carbocycles. The van der Waals surface area contributed by atoms with Crippen LogP contribution in [0.5, 0.6) is 5.75 Å². The smallest absolute Gasteiger partial charge is 0.338 e. The van der Waals surface area contributed by atoms with Gasteiger partial charge in [-0.3, -0.25) is 9.71 Å². The number of nitrogens with zero attached hydrogens (tertiary/aromatic N) is 2. The maximum absolute atomic E-state index is 12.4. The Morgan fingerprint density at radius 1 is 1.07 bits per heavy atom. The van der Waals surface area contributed by atoms with E-state index in [-0.39, 0.29) is 6.04 Å². The van der Waals surface area contributed by atoms with Gasteiger partial charge < -0.3 is 24.1 Å². The van der Waals surface area contributed by atoms with Crippen LogP contribution in [0.1, 0.15) is 33.9 Å². The Morgan fingerprint density at radius 2 is 1.85 bits per heavy atom. The Labute approximate surface area is 237 Å². The van der Waals surface area contributed by atoms with E-state index in [0.29, 0.717) is 44.9 Å². The van der Waals surface area contributed by atoms with Crippen molar-refractivity contribution in [3.8, 4) is 17.1 Å². The van der Waals surface area contributed by atoms with Gasteiger partial charge in [-0.2, -0.15) is 0 Å². The molecular weight excluding hydrogens is 552 g/mol. The number of carbonyl (C=O) groups excluding carboxylic acids is 1. The summed E-state index contributed by atoms with van der Waals surface area (Å²) in [5.74, 6) is 0.895. The van der Waals surface area contributed by atoms with Crippen LogP contribution >= 0.6 is 12.2 Å².